The molecule has 2 aromatic rings. The zero-order valence-electron chi connectivity index (χ0n) is 18.0. The molecule has 0 aliphatic carbocycles. The number of likely N-dealkylation sites (tertiary alicyclic amines) is 1. The van der Waals surface area contributed by atoms with Gasteiger partial charge < -0.3 is 9.64 Å². The van der Waals surface area contributed by atoms with Crippen LogP contribution in [-0.2, 0) is 17.5 Å². The second-order valence-electron chi connectivity index (χ2n) is 8.64. The third kappa shape index (κ3) is 4.31. The number of hydrogen-bond acceptors (Lipinski definition) is 3. The molecule has 0 atom stereocenters. The Hall–Kier alpha value is -3.03. The number of rotatable bonds is 3. The Morgan fingerprint density at radius 1 is 1.06 bits per heavy atom. The summed E-state index contributed by atoms with van der Waals surface area (Å²) >= 11 is 0. The fourth-order valence-corrected chi connectivity index (χ4v) is 4.37. The Morgan fingerprint density at radius 2 is 1.72 bits per heavy atom. The second-order valence-corrected chi connectivity index (χ2v) is 8.64. The Labute approximate surface area is 184 Å². The summed E-state index contributed by atoms with van der Waals surface area (Å²) in [5.41, 5.74) is 1.94. The lowest BCUT2D eigenvalue weighted by Crippen LogP contribution is -2.48. The minimum absolute atomic E-state index is 0.0213. The molecule has 2 aliphatic heterocycles. The van der Waals surface area contributed by atoms with E-state index in [0.717, 1.165) is 23.3 Å². The van der Waals surface area contributed by atoms with Gasteiger partial charge in [-0.15, -0.1) is 0 Å². The number of carbonyl (C=O) groups excluding carboxylic acids is 2. The molecule has 0 aromatic heterocycles. The molecule has 0 radical (unpaired) electrons. The van der Waals surface area contributed by atoms with E-state index in [1.807, 2.05) is 32.0 Å². The molecule has 4 rings (SSSR count). The van der Waals surface area contributed by atoms with E-state index < -0.39 is 23.4 Å². The maximum atomic E-state index is 13.0. The lowest BCUT2D eigenvalue weighted by atomic mass is 9.90. The van der Waals surface area contributed by atoms with Crippen molar-refractivity contribution in [2.24, 2.45) is 0 Å². The molecule has 2 amide bonds. The number of ether oxygens (including phenoxy) is 1. The van der Waals surface area contributed by atoms with Gasteiger partial charge in [-0.2, -0.15) is 13.2 Å². The monoisotopic (exact) mass is 446 g/mol. The summed E-state index contributed by atoms with van der Waals surface area (Å²) in [6.07, 6.45) is -3.81. The largest absolute Gasteiger partial charge is 0.441 e. The van der Waals surface area contributed by atoms with Crippen molar-refractivity contribution in [2.45, 2.75) is 45.0 Å². The molecule has 8 heteroatoms. The van der Waals surface area contributed by atoms with E-state index in [4.69, 9.17) is 4.74 Å². The van der Waals surface area contributed by atoms with Crippen LogP contribution < -0.4 is 0 Å². The van der Waals surface area contributed by atoms with Gasteiger partial charge >= 0.3 is 12.3 Å². The van der Waals surface area contributed by atoms with E-state index in [1.165, 1.54) is 17.0 Å². The first-order valence-electron chi connectivity index (χ1n) is 10.6. The molecule has 170 valence electrons. The number of halogens is 3. The van der Waals surface area contributed by atoms with Crippen molar-refractivity contribution in [3.05, 3.63) is 70.3 Å². The van der Waals surface area contributed by atoms with Gasteiger partial charge in [0.05, 0.1) is 12.1 Å². The summed E-state index contributed by atoms with van der Waals surface area (Å²) in [6, 6.07) is 10.5. The summed E-state index contributed by atoms with van der Waals surface area (Å²) < 4.78 is 44.0. The topological polar surface area (TPSA) is 49.9 Å². The molecular weight excluding hydrogens is 421 g/mol. The van der Waals surface area contributed by atoms with E-state index in [1.54, 1.807) is 4.90 Å². The third-order valence-electron chi connectivity index (χ3n) is 6.49. The van der Waals surface area contributed by atoms with Crippen LogP contribution in [0.2, 0.25) is 0 Å². The Kier molecular flexibility index (Phi) is 5.65. The fourth-order valence-electron chi connectivity index (χ4n) is 4.37. The molecule has 32 heavy (non-hydrogen) atoms. The number of aryl methyl sites for hydroxylation is 1. The van der Waals surface area contributed by atoms with Crippen LogP contribution >= 0.6 is 0 Å². The summed E-state index contributed by atoms with van der Waals surface area (Å²) in [5, 5.41) is 0. The Bertz CT molecular complexity index is 1030. The SMILES string of the molecule is Cc1cccc(C(=O)N2CCC3(CC2)CN(Cc2ccc(C(F)(F)F)cc2)C(=O)O3)c1C. The van der Waals surface area contributed by atoms with Gasteiger partial charge in [0.15, 0.2) is 0 Å². The predicted octanol–water partition coefficient (Wildman–Crippen LogP) is 4.95. The minimum Gasteiger partial charge on any atom is -0.441 e. The van der Waals surface area contributed by atoms with Crippen LogP contribution in [0, 0.1) is 13.8 Å². The van der Waals surface area contributed by atoms with E-state index in [2.05, 4.69) is 0 Å². The van der Waals surface area contributed by atoms with Gasteiger partial charge in [-0.3, -0.25) is 9.69 Å². The van der Waals surface area contributed by atoms with Crippen molar-refractivity contribution in [1.82, 2.24) is 9.80 Å². The quantitative estimate of drug-likeness (QED) is 0.671. The number of benzene rings is 2. The van der Waals surface area contributed by atoms with E-state index in [-0.39, 0.29) is 12.5 Å². The highest BCUT2D eigenvalue weighted by Crippen LogP contribution is 2.35. The Morgan fingerprint density at radius 3 is 2.34 bits per heavy atom. The van der Waals surface area contributed by atoms with Crippen LogP contribution in [0.5, 0.6) is 0 Å². The van der Waals surface area contributed by atoms with Gasteiger partial charge in [0.2, 0.25) is 0 Å². The van der Waals surface area contributed by atoms with E-state index >= 15 is 0 Å². The van der Waals surface area contributed by atoms with Crippen LogP contribution in [0.25, 0.3) is 0 Å². The molecular formula is C24H25F3N2O3. The van der Waals surface area contributed by atoms with Crippen molar-refractivity contribution in [3.63, 3.8) is 0 Å². The van der Waals surface area contributed by atoms with Crippen LogP contribution in [0.1, 0.15) is 45.5 Å². The van der Waals surface area contributed by atoms with Crippen molar-refractivity contribution < 1.29 is 27.5 Å². The number of hydrogen-bond donors (Lipinski definition) is 0. The predicted molar refractivity (Wildman–Crippen MR) is 112 cm³/mol. The molecule has 1 spiro atoms. The fraction of sp³-hybridized carbons (Fsp3) is 0.417. The van der Waals surface area contributed by atoms with Crippen molar-refractivity contribution >= 4 is 12.0 Å². The first-order chi connectivity index (χ1) is 15.1. The average molecular weight is 446 g/mol. The van der Waals surface area contributed by atoms with Crippen LogP contribution in [0.15, 0.2) is 42.5 Å². The van der Waals surface area contributed by atoms with Crippen molar-refractivity contribution in [2.75, 3.05) is 19.6 Å². The van der Waals surface area contributed by atoms with E-state index in [0.29, 0.717) is 43.6 Å². The molecule has 0 saturated carbocycles. The zero-order chi connectivity index (χ0) is 23.1. The first kappa shape index (κ1) is 22.2. The number of carbonyl (C=O) groups is 2. The molecule has 0 bridgehead atoms. The number of alkyl halides is 3. The lowest BCUT2D eigenvalue weighted by molar-refractivity contribution is -0.137. The van der Waals surface area contributed by atoms with Crippen LogP contribution in [0.3, 0.4) is 0 Å². The highest BCUT2D eigenvalue weighted by molar-refractivity contribution is 5.96. The van der Waals surface area contributed by atoms with Gasteiger partial charge in [-0.1, -0.05) is 24.3 Å². The maximum absolute atomic E-state index is 13.0. The highest BCUT2D eigenvalue weighted by Gasteiger charge is 2.47. The van der Waals surface area contributed by atoms with Gasteiger partial charge in [0.25, 0.3) is 5.91 Å². The number of amides is 2. The first-order valence-corrected chi connectivity index (χ1v) is 10.6. The van der Waals surface area contributed by atoms with Gasteiger partial charge in [0, 0.05) is 38.0 Å². The molecule has 2 aliphatic rings. The zero-order valence-corrected chi connectivity index (χ0v) is 18.0. The molecule has 2 fully saturated rings. The summed E-state index contributed by atoms with van der Waals surface area (Å²) in [4.78, 5) is 28.7. The summed E-state index contributed by atoms with van der Waals surface area (Å²) in [5.74, 6) is -0.0213. The lowest BCUT2D eigenvalue weighted by Gasteiger charge is -2.37. The standard InChI is InChI=1S/C24H25F3N2O3/c1-16-4-3-5-20(17(16)2)21(30)28-12-10-23(11-13-28)15-29(22(31)32-23)14-18-6-8-19(9-7-18)24(25,26)27/h3-9H,10-15H2,1-2H3. The van der Waals surface area contributed by atoms with Crippen LogP contribution in [0.4, 0.5) is 18.0 Å². The second kappa shape index (κ2) is 8.15. The number of piperidine rings is 1. The van der Waals surface area contributed by atoms with Gasteiger partial charge in [-0.05, 0) is 48.7 Å². The molecule has 2 saturated heterocycles. The van der Waals surface area contributed by atoms with E-state index in [9.17, 15) is 22.8 Å². The van der Waals surface area contributed by atoms with Crippen LogP contribution in [-0.4, -0.2) is 47.0 Å². The molecule has 2 aromatic carbocycles. The normalized spacial score (nSPS) is 18.2. The maximum Gasteiger partial charge on any atom is 0.416 e. The van der Waals surface area contributed by atoms with Gasteiger partial charge in [-0.25, -0.2) is 4.79 Å². The van der Waals surface area contributed by atoms with Gasteiger partial charge in [0.1, 0.15) is 5.60 Å². The summed E-state index contributed by atoms with van der Waals surface area (Å²) in [7, 11) is 0. The molecule has 0 unspecified atom stereocenters. The molecule has 0 N–H and O–H groups in total. The van der Waals surface area contributed by atoms with Crippen molar-refractivity contribution in [3.8, 4) is 0 Å². The molecule has 5 nitrogen and oxygen atoms in total. The minimum atomic E-state index is -4.39. The molecule has 2 heterocycles. The third-order valence-corrected chi connectivity index (χ3v) is 6.49. The Balaban J connectivity index is 1.38. The smallest absolute Gasteiger partial charge is 0.416 e. The highest BCUT2D eigenvalue weighted by atomic mass is 19.4. The number of nitrogens with zero attached hydrogens (tertiary/aromatic N) is 2. The average Bonchev–Trinajstić information content (AvgIpc) is 3.04. The summed E-state index contributed by atoms with van der Waals surface area (Å²) in [6.45, 7) is 5.41. The van der Waals surface area contributed by atoms with Crippen molar-refractivity contribution in [1.29, 1.82) is 0 Å².